The average molecular weight is 344 g/mol. The molecule has 0 unspecified atom stereocenters. The molecule has 0 aromatic heterocycles. The molecule has 1 saturated heterocycles. The lowest BCUT2D eigenvalue weighted by molar-refractivity contribution is 0.224. The van der Waals surface area contributed by atoms with Crippen molar-refractivity contribution in [2.24, 2.45) is 0 Å². The molecule has 1 heterocycles. The van der Waals surface area contributed by atoms with Crippen molar-refractivity contribution < 1.29 is 14.6 Å². The van der Waals surface area contributed by atoms with Crippen LogP contribution in [0.3, 0.4) is 0 Å². The average Bonchev–Trinajstić information content (AvgIpc) is 2.95. The highest BCUT2D eigenvalue weighted by Gasteiger charge is 2.14. The number of likely N-dealkylation sites (tertiary alicyclic amines) is 1. The minimum absolute atomic E-state index is 0.00721. The fraction of sp³-hybridized carbons (Fsp3) is 0.600. The molecule has 0 spiro atoms. The second-order valence-electron chi connectivity index (χ2n) is 4.89. The van der Waals surface area contributed by atoms with Gasteiger partial charge >= 0.3 is 0 Å². The molecule has 1 N–H and O–H groups in total. The SMILES string of the molecule is CCOc1cc(CO)cc(Br)c1OCCN1CCCC1. The topological polar surface area (TPSA) is 41.9 Å². The van der Waals surface area contributed by atoms with Gasteiger partial charge in [0.05, 0.1) is 17.7 Å². The molecule has 5 heteroatoms. The van der Waals surface area contributed by atoms with Gasteiger partial charge in [0, 0.05) is 6.54 Å². The third-order valence-electron chi connectivity index (χ3n) is 3.40. The van der Waals surface area contributed by atoms with Crippen molar-refractivity contribution in [2.45, 2.75) is 26.4 Å². The Labute approximate surface area is 128 Å². The van der Waals surface area contributed by atoms with E-state index in [1.165, 1.54) is 25.9 Å². The van der Waals surface area contributed by atoms with Crippen LogP contribution in [0.15, 0.2) is 16.6 Å². The number of hydrogen-bond donors (Lipinski definition) is 1. The van der Waals surface area contributed by atoms with Crippen LogP contribution < -0.4 is 9.47 Å². The number of ether oxygens (including phenoxy) is 2. The first-order valence-corrected chi connectivity index (χ1v) is 7.95. The molecular weight excluding hydrogens is 322 g/mol. The lowest BCUT2D eigenvalue weighted by Gasteiger charge is -2.18. The van der Waals surface area contributed by atoms with Crippen molar-refractivity contribution in [3.05, 3.63) is 22.2 Å². The summed E-state index contributed by atoms with van der Waals surface area (Å²) in [5.41, 5.74) is 0.812. The van der Waals surface area contributed by atoms with Crippen LogP contribution in [0.25, 0.3) is 0 Å². The first-order valence-electron chi connectivity index (χ1n) is 7.15. The Kier molecular flexibility index (Phi) is 6.13. The van der Waals surface area contributed by atoms with Crippen molar-refractivity contribution in [3.63, 3.8) is 0 Å². The van der Waals surface area contributed by atoms with E-state index in [0.29, 0.717) is 19.0 Å². The van der Waals surface area contributed by atoms with E-state index in [2.05, 4.69) is 20.8 Å². The van der Waals surface area contributed by atoms with Crippen molar-refractivity contribution in [3.8, 4) is 11.5 Å². The quantitative estimate of drug-likeness (QED) is 0.826. The van der Waals surface area contributed by atoms with Crippen molar-refractivity contribution >= 4 is 15.9 Å². The molecule has 1 aliphatic rings. The molecule has 0 amide bonds. The van der Waals surface area contributed by atoms with E-state index in [0.717, 1.165) is 22.3 Å². The Morgan fingerprint density at radius 3 is 2.65 bits per heavy atom. The summed E-state index contributed by atoms with van der Waals surface area (Å²) in [5.74, 6) is 1.41. The van der Waals surface area contributed by atoms with Crippen LogP contribution in [0.5, 0.6) is 11.5 Å². The minimum atomic E-state index is -0.00721. The summed E-state index contributed by atoms with van der Waals surface area (Å²) < 4.78 is 12.3. The Morgan fingerprint density at radius 1 is 1.25 bits per heavy atom. The predicted octanol–water partition coefficient (Wildman–Crippen LogP) is 2.81. The molecule has 0 atom stereocenters. The van der Waals surface area contributed by atoms with Gasteiger partial charge in [-0.05, 0) is 66.5 Å². The van der Waals surface area contributed by atoms with Crippen molar-refractivity contribution in [1.29, 1.82) is 0 Å². The summed E-state index contributed by atoms with van der Waals surface area (Å²) in [5, 5.41) is 9.24. The lowest BCUT2D eigenvalue weighted by atomic mass is 10.2. The lowest BCUT2D eigenvalue weighted by Crippen LogP contribution is -2.25. The smallest absolute Gasteiger partial charge is 0.175 e. The van der Waals surface area contributed by atoms with E-state index in [1.54, 1.807) is 0 Å². The number of benzene rings is 1. The Morgan fingerprint density at radius 2 is 2.00 bits per heavy atom. The molecule has 0 saturated carbocycles. The second-order valence-corrected chi connectivity index (χ2v) is 5.75. The molecule has 1 aliphatic heterocycles. The summed E-state index contributed by atoms with van der Waals surface area (Å²) in [6, 6.07) is 3.70. The van der Waals surface area contributed by atoms with Gasteiger partial charge in [0.2, 0.25) is 0 Å². The van der Waals surface area contributed by atoms with E-state index in [9.17, 15) is 5.11 Å². The maximum absolute atomic E-state index is 9.24. The predicted molar refractivity (Wildman–Crippen MR) is 82.4 cm³/mol. The maximum atomic E-state index is 9.24. The first kappa shape index (κ1) is 15.6. The van der Waals surface area contributed by atoms with Gasteiger partial charge in [0.1, 0.15) is 6.61 Å². The number of aliphatic hydroxyl groups excluding tert-OH is 1. The number of nitrogens with zero attached hydrogens (tertiary/aromatic N) is 1. The van der Waals surface area contributed by atoms with Gasteiger partial charge in [-0.3, -0.25) is 4.90 Å². The zero-order chi connectivity index (χ0) is 14.4. The number of aliphatic hydroxyl groups is 1. The van der Waals surface area contributed by atoms with Gasteiger partial charge in [-0.15, -0.1) is 0 Å². The minimum Gasteiger partial charge on any atom is -0.490 e. The molecule has 1 aromatic rings. The number of rotatable bonds is 7. The Balaban J connectivity index is 2.00. The van der Waals surface area contributed by atoms with Gasteiger partial charge in [-0.25, -0.2) is 0 Å². The zero-order valence-electron chi connectivity index (χ0n) is 11.9. The molecular formula is C15H22BrNO3. The largest absolute Gasteiger partial charge is 0.490 e. The Hall–Kier alpha value is -0.780. The van der Waals surface area contributed by atoms with Crippen molar-refractivity contribution in [1.82, 2.24) is 4.90 Å². The van der Waals surface area contributed by atoms with E-state index < -0.39 is 0 Å². The van der Waals surface area contributed by atoms with E-state index >= 15 is 0 Å². The molecule has 112 valence electrons. The monoisotopic (exact) mass is 343 g/mol. The zero-order valence-corrected chi connectivity index (χ0v) is 13.5. The van der Waals surface area contributed by atoms with Gasteiger partial charge in [-0.2, -0.15) is 0 Å². The van der Waals surface area contributed by atoms with Gasteiger partial charge < -0.3 is 14.6 Å². The molecule has 4 nitrogen and oxygen atoms in total. The van der Waals surface area contributed by atoms with Crippen LogP contribution in [0.1, 0.15) is 25.3 Å². The first-order chi connectivity index (χ1) is 9.74. The molecule has 0 bridgehead atoms. The molecule has 1 fully saturated rings. The van der Waals surface area contributed by atoms with Crippen LogP contribution in [0.4, 0.5) is 0 Å². The highest BCUT2D eigenvalue weighted by Crippen LogP contribution is 2.37. The van der Waals surface area contributed by atoms with E-state index in [-0.39, 0.29) is 6.61 Å². The summed E-state index contributed by atoms with van der Waals surface area (Å²) in [6.07, 6.45) is 2.58. The molecule has 0 aliphatic carbocycles. The summed E-state index contributed by atoms with van der Waals surface area (Å²) in [6.45, 7) is 6.44. The summed E-state index contributed by atoms with van der Waals surface area (Å²) >= 11 is 3.49. The summed E-state index contributed by atoms with van der Waals surface area (Å²) in [7, 11) is 0. The molecule has 0 radical (unpaired) electrons. The molecule has 2 rings (SSSR count). The summed E-state index contributed by atoms with van der Waals surface area (Å²) in [4.78, 5) is 2.41. The number of halogens is 1. The van der Waals surface area contributed by atoms with Crippen LogP contribution in [0, 0.1) is 0 Å². The van der Waals surface area contributed by atoms with Crippen LogP contribution in [-0.4, -0.2) is 42.9 Å². The van der Waals surface area contributed by atoms with E-state index in [4.69, 9.17) is 9.47 Å². The fourth-order valence-electron chi connectivity index (χ4n) is 2.40. The standard InChI is InChI=1S/C15H22BrNO3/c1-2-19-14-10-12(11-18)9-13(16)15(14)20-8-7-17-5-3-4-6-17/h9-10,18H,2-8,11H2,1H3. The third-order valence-corrected chi connectivity index (χ3v) is 3.99. The highest BCUT2D eigenvalue weighted by molar-refractivity contribution is 9.10. The van der Waals surface area contributed by atoms with Crippen LogP contribution >= 0.6 is 15.9 Å². The van der Waals surface area contributed by atoms with Crippen molar-refractivity contribution in [2.75, 3.05) is 32.8 Å². The molecule has 1 aromatic carbocycles. The maximum Gasteiger partial charge on any atom is 0.175 e. The van der Waals surface area contributed by atoms with Gasteiger partial charge in [0.25, 0.3) is 0 Å². The van der Waals surface area contributed by atoms with Gasteiger partial charge in [0.15, 0.2) is 11.5 Å². The third kappa shape index (κ3) is 4.11. The van der Waals surface area contributed by atoms with Crippen LogP contribution in [0.2, 0.25) is 0 Å². The fourth-order valence-corrected chi connectivity index (χ4v) is 3.00. The Bertz CT molecular complexity index is 433. The van der Waals surface area contributed by atoms with E-state index in [1.807, 2.05) is 19.1 Å². The normalized spacial score (nSPS) is 15.6. The number of hydrogen-bond acceptors (Lipinski definition) is 4. The second kappa shape index (κ2) is 7.86. The van der Waals surface area contributed by atoms with Crippen LogP contribution in [-0.2, 0) is 6.61 Å². The molecule has 20 heavy (non-hydrogen) atoms. The van der Waals surface area contributed by atoms with Gasteiger partial charge in [-0.1, -0.05) is 0 Å². The highest BCUT2D eigenvalue weighted by atomic mass is 79.9.